The Hall–Kier alpha value is -2.15. The SMILES string of the molecule is Cc1cccc(N)c1C#CCCNC(=O)OC(C)(C)C. The monoisotopic (exact) mass is 274 g/mol. The highest BCUT2D eigenvalue weighted by molar-refractivity contribution is 5.67. The number of aryl methyl sites for hydroxylation is 1. The van der Waals surface area contributed by atoms with E-state index in [9.17, 15) is 4.79 Å². The summed E-state index contributed by atoms with van der Waals surface area (Å²) in [5.74, 6) is 6.04. The molecule has 4 heteroatoms. The highest BCUT2D eigenvalue weighted by atomic mass is 16.6. The number of amides is 1. The molecule has 0 atom stereocenters. The summed E-state index contributed by atoms with van der Waals surface area (Å²) < 4.78 is 5.12. The minimum atomic E-state index is -0.481. The van der Waals surface area contributed by atoms with Crippen molar-refractivity contribution in [3.8, 4) is 11.8 Å². The van der Waals surface area contributed by atoms with Crippen LogP contribution in [0.5, 0.6) is 0 Å². The van der Waals surface area contributed by atoms with Gasteiger partial charge in [-0.3, -0.25) is 0 Å². The van der Waals surface area contributed by atoms with E-state index in [0.717, 1.165) is 11.1 Å². The van der Waals surface area contributed by atoms with E-state index in [-0.39, 0.29) is 0 Å². The Balaban J connectivity index is 2.43. The lowest BCUT2D eigenvalue weighted by Crippen LogP contribution is -2.32. The van der Waals surface area contributed by atoms with Crippen LogP contribution in [-0.2, 0) is 4.74 Å². The second kappa shape index (κ2) is 6.85. The Kier molecular flexibility index (Phi) is 5.45. The molecule has 0 aliphatic rings. The molecule has 1 aromatic carbocycles. The average Bonchev–Trinajstić information content (AvgIpc) is 2.29. The predicted octanol–water partition coefficient (Wildman–Crippen LogP) is 2.84. The number of carbonyl (C=O) groups excluding carboxylic acids is 1. The first kappa shape index (κ1) is 15.9. The summed E-state index contributed by atoms with van der Waals surface area (Å²) in [5, 5.41) is 2.66. The molecule has 0 aliphatic heterocycles. The zero-order valence-corrected chi connectivity index (χ0v) is 12.5. The van der Waals surface area contributed by atoms with Crippen molar-refractivity contribution in [2.45, 2.75) is 39.7 Å². The van der Waals surface area contributed by atoms with Crippen molar-refractivity contribution in [3.63, 3.8) is 0 Å². The fraction of sp³-hybridized carbons (Fsp3) is 0.438. The lowest BCUT2D eigenvalue weighted by atomic mass is 10.1. The molecule has 0 spiro atoms. The van der Waals surface area contributed by atoms with Gasteiger partial charge in [0, 0.05) is 18.7 Å². The van der Waals surface area contributed by atoms with Crippen molar-refractivity contribution in [3.05, 3.63) is 29.3 Å². The molecule has 0 aliphatic carbocycles. The summed E-state index contributed by atoms with van der Waals surface area (Å²) in [7, 11) is 0. The van der Waals surface area contributed by atoms with Crippen LogP contribution in [-0.4, -0.2) is 18.2 Å². The molecule has 0 aromatic heterocycles. The summed E-state index contributed by atoms with van der Waals surface area (Å²) in [4.78, 5) is 11.4. The highest BCUT2D eigenvalue weighted by Crippen LogP contribution is 2.14. The van der Waals surface area contributed by atoms with Crippen molar-refractivity contribution in [1.82, 2.24) is 5.32 Å². The Morgan fingerprint density at radius 3 is 2.70 bits per heavy atom. The minimum absolute atomic E-state index is 0.422. The molecule has 0 fully saturated rings. The predicted molar refractivity (Wildman–Crippen MR) is 81.3 cm³/mol. The third-order valence-electron chi connectivity index (χ3n) is 2.44. The van der Waals surface area contributed by atoms with E-state index in [0.29, 0.717) is 18.7 Å². The van der Waals surface area contributed by atoms with Gasteiger partial charge in [-0.1, -0.05) is 24.0 Å². The largest absolute Gasteiger partial charge is 0.444 e. The Labute approximate surface area is 120 Å². The number of ether oxygens (including phenoxy) is 1. The molecule has 20 heavy (non-hydrogen) atoms. The van der Waals surface area contributed by atoms with Gasteiger partial charge in [0.25, 0.3) is 0 Å². The topological polar surface area (TPSA) is 64.3 Å². The number of alkyl carbamates (subject to hydrolysis) is 1. The van der Waals surface area contributed by atoms with Crippen LogP contribution in [0.2, 0.25) is 0 Å². The smallest absolute Gasteiger partial charge is 0.407 e. The number of rotatable bonds is 2. The van der Waals surface area contributed by atoms with Crippen LogP contribution in [0.1, 0.15) is 38.3 Å². The van der Waals surface area contributed by atoms with E-state index < -0.39 is 11.7 Å². The fourth-order valence-electron chi connectivity index (χ4n) is 1.55. The molecule has 108 valence electrons. The van der Waals surface area contributed by atoms with Gasteiger partial charge in [-0.25, -0.2) is 4.79 Å². The maximum atomic E-state index is 11.4. The summed E-state index contributed by atoms with van der Waals surface area (Å²) in [6.07, 6.45) is 0.127. The molecule has 1 rings (SSSR count). The third-order valence-corrected chi connectivity index (χ3v) is 2.44. The van der Waals surface area contributed by atoms with E-state index in [4.69, 9.17) is 10.5 Å². The summed E-state index contributed by atoms with van der Waals surface area (Å²) in [6.45, 7) is 7.90. The molecule has 0 heterocycles. The number of benzene rings is 1. The molecular weight excluding hydrogens is 252 g/mol. The molecule has 1 amide bonds. The van der Waals surface area contributed by atoms with E-state index in [2.05, 4.69) is 17.2 Å². The number of anilines is 1. The third kappa shape index (κ3) is 5.66. The van der Waals surface area contributed by atoms with Crippen LogP contribution in [0, 0.1) is 18.8 Å². The van der Waals surface area contributed by atoms with Crippen LogP contribution < -0.4 is 11.1 Å². The van der Waals surface area contributed by atoms with E-state index in [1.54, 1.807) is 0 Å². The van der Waals surface area contributed by atoms with Gasteiger partial charge in [-0.15, -0.1) is 0 Å². The molecule has 0 bridgehead atoms. The number of nitrogens with one attached hydrogen (secondary N) is 1. The maximum absolute atomic E-state index is 11.4. The fourth-order valence-corrected chi connectivity index (χ4v) is 1.55. The number of hydrogen-bond donors (Lipinski definition) is 2. The molecule has 0 saturated heterocycles. The summed E-state index contributed by atoms with van der Waals surface area (Å²) >= 11 is 0. The van der Waals surface area contributed by atoms with Crippen LogP contribution in [0.25, 0.3) is 0 Å². The average molecular weight is 274 g/mol. The maximum Gasteiger partial charge on any atom is 0.407 e. The molecule has 3 N–H and O–H groups in total. The van der Waals surface area contributed by atoms with Crippen molar-refractivity contribution in [2.24, 2.45) is 0 Å². The van der Waals surface area contributed by atoms with Gasteiger partial charge in [0.05, 0.1) is 5.56 Å². The van der Waals surface area contributed by atoms with E-state index >= 15 is 0 Å². The van der Waals surface area contributed by atoms with Crippen LogP contribution in [0.3, 0.4) is 0 Å². The van der Waals surface area contributed by atoms with Crippen molar-refractivity contribution < 1.29 is 9.53 Å². The zero-order chi connectivity index (χ0) is 15.2. The van der Waals surface area contributed by atoms with Gasteiger partial charge in [0.1, 0.15) is 5.60 Å². The summed E-state index contributed by atoms with van der Waals surface area (Å²) in [5.41, 5.74) is 7.96. The Bertz CT molecular complexity index is 513. The first-order valence-corrected chi connectivity index (χ1v) is 6.60. The standard InChI is InChI=1S/C16H22N2O2/c1-12-8-7-10-14(17)13(12)9-5-6-11-18-15(19)20-16(2,3)4/h7-8,10H,6,11,17H2,1-4H3,(H,18,19). The van der Waals surface area contributed by atoms with Crippen molar-refractivity contribution >= 4 is 11.8 Å². The van der Waals surface area contributed by atoms with Gasteiger partial charge in [-0.2, -0.15) is 0 Å². The lowest BCUT2D eigenvalue weighted by Gasteiger charge is -2.19. The number of nitrogen functional groups attached to an aromatic ring is 1. The van der Waals surface area contributed by atoms with Gasteiger partial charge >= 0.3 is 6.09 Å². The van der Waals surface area contributed by atoms with Crippen LogP contribution in [0.4, 0.5) is 10.5 Å². The highest BCUT2D eigenvalue weighted by Gasteiger charge is 2.15. The zero-order valence-electron chi connectivity index (χ0n) is 12.5. The first-order valence-electron chi connectivity index (χ1n) is 6.60. The molecular formula is C16H22N2O2. The molecule has 0 unspecified atom stereocenters. The summed E-state index contributed by atoms with van der Waals surface area (Å²) in [6, 6.07) is 5.70. The van der Waals surface area contributed by atoms with Crippen molar-refractivity contribution in [1.29, 1.82) is 0 Å². The Morgan fingerprint density at radius 1 is 1.40 bits per heavy atom. The quantitative estimate of drug-likeness (QED) is 0.495. The molecule has 1 aromatic rings. The van der Waals surface area contributed by atoms with Gasteiger partial charge < -0.3 is 15.8 Å². The Morgan fingerprint density at radius 2 is 2.10 bits per heavy atom. The van der Waals surface area contributed by atoms with Crippen molar-refractivity contribution in [2.75, 3.05) is 12.3 Å². The van der Waals surface area contributed by atoms with Crippen LogP contribution >= 0.6 is 0 Å². The van der Waals surface area contributed by atoms with E-state index in [1.807, 2.05) is 45.9 Å². The van der Waals surface area contributed by atoms with Gasteiger partial charge in [0.15, 0.2) is 0 Å². The molecule has 0 saturated carbocycles. The number of carbonyl (C=O) groups is 1. The first-order chi connectivity index (χ1) is 9.29. The number of hydrogen-bond acceptors (Lipinski definition) is 3. The molecule has 0 radical (unpaired) electrons. The normalized spacial score (nSPS) is 10.4. The van der Waals surface area contributed by atoms with Gasteiger partial charge in [0.2, 0.25) is 0 Å². The minimum Gasteiger partial charge on any atom is -0.444 e. The second-order valence-corrected chi connectivity index (χ2v) is 5.52. The van der Waals surface area contributed by atoms with E-state index in [1.165, 1.54) is 0 Å². The second-order valence-electron chi connectivity index (χ2n) is 5.52. The number of nitrogens with two attached hydrogens (primary N) is 1. The lowest BCUT2D eigenvalue weighted by molar-refractivity contribution is 0.0529. The van der Waals surface area contributed by atoms with Gasteiger partial charge in [-0.05, 0) is 39.3 Å². The molecule has 4 nitrogen and oxygen atoms in total. The van der Waals surface area contributed by atoms with Crippen LogP contribution in [0.15, 0.2) is 18.2 Å².